The van der Waals surface area contributed by atoms with Crippen molar-refractivity contribution in [3.63, 3.8) is 0 Å². The molecule has 2 rings (SSSR count). The SMILES string of the molecule is CC(=Cc1ccc(F)cc1)C(=O)N(C)CC(O)CN1CCOCC1. The van der Waals surface area contributed by atoms with Crippen LogP contribution < -0.4 is 0 Å². The van der Waals surface area contributed by atoms with Gasteiger partial charge in [0.1, 0.15) is 5.82 Å². The molecular formula is C18H25FN2O3. The van der Waals surface area contributed by atoms with Gasteiger partial charge in [-0.1, -0.05) is 12.1 Å². The lowest BCUT2D eigenvalue weighted by Crippen LogP contribution is -2.45. The second kappa shape index (κ2) is 8.92. The Morgan fingerprint density at radius 3 is 2.62 bits per heavy atom. The summed E-state index contributed by atoms with van der Waals surface area (Å²) >= 11 is 0. The van der Waals surface area contributed by atoms with E-state index in [-0.39, 0.29) is 18.3 Å². The number of morpholine rings is 1. The highest BCUT2D eigenvalue weighted by atomic mass is 19.1. The topological polar surface area (TPSA) is 53.0 Å². The number of carbonyl (C=O) groups is 1. The molecule has 1 heterocycles. The zero-order chi connectivity index (χ0) is 17.5. The summed E-state index contributed by atoms with van der Waals surface area (Å²) in [6, 6.07) is 5.97. The van der Waals surface area contributed by atoms with Crippen LogP contribution >= 0.6 is 0 Å². The van der Waals surface area contributed by atoms with E-state index in [0.717, 1.165) is 18.7 Å². The summed E-state index contributed by atoms with van der Waals surface area (Å²) in [5, 5.41) is 10.2. The third kappa shape index (κ3) is 5.70. The minimum absolute atomic E-state index is 0.152. The standard InChI is InChI=1S/C18H25FN2O3/c1-14(11-15-3-5-16(19)6-4-15)18(23)20(2)12-17(22)13-21-7-9-24-10-8-21/h3-6,11,17,22H,7-10,12-13H2,1-2H3. The predicted molar refractivity (Wildman–Crippen MR) is 91.0 cm³/mol. The number of carbonyl (C=O) groups excluding carboxylic acids is 1. The van der Waals surface area contributed by atoms with Crippen molar-refractivity contribution in [2.75, 3.05) is 46.4 Å². The minimum Gasteiger partial charge on any atom is -0.390 e. The Bertz CT molecular complexity index is 568. The lowest BCUT2D eigenvalue weighted by atomic mass is 10.1. The summed E-state index contributed by atoms with van der Waals surface area (Å²) in [5.74, 6) is -0.458. The fraction of sp³-hybridized carbons (Fsp3) is 0.500. The number of hydrogen-bond acceptors (Lipinski definition) is 4. The number of benzene rings is 1. The summed E-state index contributed by atoms with van der Waals surface area (Å²) in [5.41, 5.74) is 1.31. The maximum absolute atomic E-state index is 12.9. The van der Waals surface area contributed by atoms with Crippen molar-refractivity contribution in [3.8, 4) is 0 Å². The van der Waals surface area contributed by atoms with Gasteiger partial charge >= 0.3 is 0 Å². The Hall–Kier alpha value is -1.76. The van der Waals surface area contributed by atoms with Crippen LogP contribution in [0.5, 0.6) is 0 Å². The smallest absolute Gasteiger partial charge is 0.249 e. The van der Waals surface area contributed by atoms with Gasteiger partial charge in [-0.3, -0.25) is 9.69 Å². The van der Waals surface area contributed by atoms with Crippen molar-refractivity contribution in [3.05, 3.63) is 41.2 Å². The van der Waals surface area contributed by atoms with E-state index in [4.69, 9.17) is 4.74 Å². The molecule has 1 aliphatic heterocycles. The van der Waals surface area contributed by atoms with Crippen molar-refractivity contribution >= 4 is 12.0 Å². The van der Waals surface area contributed by atoms with E-state index >= 15 is 0 Å². The number of aliphatic hydroxyl groups is 1. The molecule has 5 nitrogen and oxygen atoms in total. The summed E-state index contributed by atoms with van der Waals surface area (Å²) in [7, 11) is 1.67. The second-order valence-corrected chi connectivity index (χ2v) is 6.13. The number of amides is 1. The van der Waals surface area contributed by atoms with Crippen LogP contribution in [-0.4, -0.2) is 73.4 Å². The highest BCUT2D eigenvalue weighted by Crippen LogP contribution is 2.10. The fourth-order valence-electron chi connectivity index (χ4n) is 2.71. The number of aliphatic hydroxyl groups excluding tert-OH is 1. The summed E-state index contributed by atoms with van der Waals surface area (Å²) in [6.45, 7) is 5.49. The highest BCUT2D eigenvalue weighted by Gasteiger charge is 2.19. The molecule has 0 saturated carbocycles. The van der Waals surface area contributed by atoms with Crippen molar-refractivity contribution in [2.24, 2.45) is 0 Å². The summed E-state index contributed by atoms with van der Waals surface area (Å²) in [6.07, 6.45) is 1.11. The van der Waals surface area contributed by atoms with Gasteiger partial charge in [0.25, 0.3) is 0 Å². The number of β-amino-alcohol motifs (C(OH)–C–C–N with tert-alkyl or cyclic N) is 1. The first-order valence-electron chi connectivity index (χ1n) is 8.13. The van der Waals surface area contributed by atoms with Gasteiger partial charge in [-0.05, 0) is 30.7 Å². The monoisotopic (exact) mass is 336 g/mol. The number of rotatable bonds is 6. The van der Waals surface area contributed by atoms with Gasteiger partial charge < -0.3 is 14.7 Å². The highest BCUT2D eigenvalue weighted by molar-refractivity contribution is 5.97. The van der Waals surface area contributed by atoms with Gasteiger partial charge in [0, 0.05) is 38.8 Å². The van der Waals surface area contributed by atoms with Crippen LogP contribution in [0.15, 0.2) is 29.8 Å². The second-order valence-electron chi connectivity index (χ2n) is 6.13. The molecule has 1 aromatic rings. The quantitative estimate of drug-likeness (QED) is 0.798. The Morgan fingerprint density at radius 2 is 2.00 bits per heavy atom. The Morgan fingerprint density at radius 1 is 1.38 bits per heavy atom. The number of nitrogens with zero attached hydrogens (tertiary/aromatic N) is 2. The van der Waals surface area contributed by atoms with Gasteiger partial charge in [-0.2, -0.15) is 0 Å². The number of hydrogen-bond donors (Lipinski definition) is 1. The lowest BCUT2D eigenvalue weighted by molar-refractivity contribution is -0.127. The van der Waals surface area contributed by atoms with Crippen LogP contribution in [0.3, 0.4) is 0 Å². The molecule has 1 N–H and O–H groups in total. The number of likely N-dealkylation sites (N-methyl/N-ethyl adjacent to an activating group) is 1. The zero-order valence-electron chi connectivity index (χ0n) is 14.2. The van der Waals surface area contributed by atoms with E-state index in [1.54, 1.807) is 32.2 Å². The van der Waals surface area contributed by atoms with Gasteiger partial charge in [0.15, 0.2) is 0 Å². The maximum atomic E-state index is 12.9. The van der Waals surface area contributed by atoms with Crippen LogP contribution in [0.1, 0.15) is 12.5 Å². The molecule has 6 heteroatoms. The van der Waals surface area contributed by atoms with Crippen molar-refractivity contribution < 1.29 is 19.0 Å². The lowest BCUT2D eigenvalue weighted by Gasteiger charge is -2.30. The zero-order valence-corrected chi connectivity index (χ0v) is 14.2. The average Bonchev–Trinajstić information content (AvgIpc) is 2.57. The maximum Gasteiger partial charge on any atom is 0.249 e. The normalized spacial score (nSPS) is 17.6. The molecule has 1 fully saturated rings. The van der Waals surface area contributed by atoms with Gasteiger partial charge in [0.2, 0.25) is 5.91 Å². The average molecular weight is 336 g/mol. The fourth-order valence-corrected chi connectivity index (χ4v) is 2.71. The largest absolute Gasteiger partial charge is 0.390 e. The first-order valence-corrected chi connectivity index (χ1v) is 8.13. The molecule has 1 atom stereocenters. The summed E-state index contributed by atoms with van der Waals surface area (Å²) in [4.78, 5) is 16.0. The van der Waals surface area contributed by atoms with Gasteiger partial charge in [0.05, 0.1) is 19.3 Å². The third-order valence-corrected chi connectivity index (χ3v) is 3.99. The van der Waals surface area contributed by atoms with E-state index in [2.05, 4.69) is 4.90 Å². The van der Waals surface area contributed by atoms with E-state index in [0.29, 0.717) is 25.3 Å². The molecule has 0 aromatic heterocycles. The first kappa shape index (κ1) is 18.6. The molecule has 0 aliphatic carbocycles. The molecule has 1 aliphatic rings. The molecule has 132 valence electrons. The van der Waals surface area contributed by atoms with E-state index in [9.17, 15) is 14.3 Å². The van der Waals surface area contributed by atoms with Crippen LogP contribution in [0, 0.1) is 5.82 Å². The van der Waals surface area contributed by atoms with Crippen LogP contribution in [0.2, 0.25) is 0 Å². The molecular weight excluding hydrogens is 311 g/mol. The van der Waals surface area contributed by atoms with Crippen molar-refractivity contribution in [1.29, 1.82) is 0 Å². The molecule has 24 heavy (non-hydrogen) atoms. The van der Waals surface area contributed by atoms with Crippen LogP contribution in [0.25, 0.3) is 6.08 Å². The number of ether oxygens (including phenoxy) is 1. The van der Waals surface area contributed by atoms with Gasteiger partial charge in [-0.25, -0.2) is 4.39 Å². The molecule has 1 amide bonds. The van der Waals surface area contributed by atoms with Crippen molar-refractivity contribution in [2.45, 2.75) is 13.0 Å². The van der Waals surface area contributed by atoms with E-state index in [1.807, 2.05) is 0 Å². The van der Waals surface area contributed by atoms with Crippen LogP contribution in [-0.2, 0) is 9.53 Å². The third-order valence-electron chi connectivity index (χ3n) is 3.99. The first-order chi connectivity index (χ1) is 11.5. The Balaban J connectivity index is 1.86. The molecule has 0 spiro atoms. The molecule has 0 bridgehead atoms. The van der Waals surface area contributed by atoms with E-state index in [1.165, 1.54) is 17.0 Å². The van der Waals surface area contributed by atoms with Crippen LogP contribution in [0.4, 0.5) is 4.39 Å². The minimum atomic E-state index is -0.601. The van der Waals surface area contributed by atoms with E-state index < -0.39 is 6.10 Å². The predicted octanol–water partition coefficient (Wildman–Crippen LogP) is 1.38. The Labute approximate surface area is 142 Å². The van der Waals surface area contributed by atoms with Gasteiger partial charge in [-0.15, -0.1) is 0 Å². The molecule has 1 saturated heterocycles. The summed E-state index contributed by atoms with van der Waals surface area (Å²) < 4.78 is 18.2. The molecule has 1 aromatic carbocycles. The Kier molecular flexibility index (Phi) is 6.90. The number of halogens is 1. The molecule has 1 unspecified atom stereocenters. The van der Waals surface area contributed by atoms with Crippen molar-refractivity contribution in [1.82, 2.24) is 9.80 Å². The molecule has 0 radical (unpaired) electrons.